The molecule has 0 spiro atoms. The Morgan fingerprint density at radius 2 is 1.75 bits per heavy atom. The highest BCUT2D eigenvalue weighted by Gasteiger charge is 2.23. The summed E-state index contributed by atoms with van der Waals surface area (Å²) < 4.78 is 16.4. The maximum atomic E-state index is 12.9. The van der Waals surface area contributed by atoms with Crippen molar-refractivity contribution in [1.82, 2.24) is 0 Å². The minimum absolute atomic E-state index is 0.110. The van der Waals surface area contributed by atoms with E-state index in [1.807, 2.05) is 19.1 Å². The lowest BCUT2D eigenvalue weighted by molar-refractivity contribution is 0.0778. The Morgan fingerprint density at radius 1 is 1.04 bits per heavy atom. The van der Waals surface area contributed by atoms with Crippen LogP contribution in [0.4, 0.5) is 5.69 Å². The van der Waals surface area contributed by atoms with Crippen molar-refractivity contribution >= 4 is 11.5 Å². The molecule has 2 rings (SSSR count). The number of rotatable bonds is 8. The van der Waals surface area contributed by atoms with Gasteiger partial charge >= 0.3 is 0 Å². The van der Waals surface area contributed by atoms with Gasteiger partial charge in [-0.25, -0.2) is 0 Å². The molecule has 0 heterocycles. The molecule has 0 saturated carbocycles. The smallest absolute Gasteiger partial charge is 0.203 e. The van der Waals surface area contributed by atoms with Gasteiger partial charge in [0.25, 0.3) is 0 Å². The molecule has 1 unspecified atom stereocenters. The molecule has 0 fully saturated rings. The quantitative estimate of drug-likeness (QED) is 0.590. The second-order valence-electron chi connectivity index (χ2n) is 5.37. The van der Waals surface area contributed by atoms with E-state index in [1.165, 1.54) is 7.11 Å². The number of methoxy groups -OCH3 is 2. The summed E-state index contributed by atoms with van der Waals surface area (Å²) in [6, 6.07) is 12.3. The van der Waals surface area contributed by atoms with Crippen LogP contribution in [0.2, 0.25) is 0 Å². The fourth-order valence-electron chi connectivity index (χ4n) is 2.42. The number of ether oxygens (including phenoxy) is 3. The van der Waals surface area contributed by atoms with Gasteiger partial charge in [-0.05, 0) is 36.8 Å². The van der Waals surface area contributed by atoms with E-state index in [4.69, 9.17) is 19.9 Å². The lowest BCUT2D eigenvalue weighted by Crippen LogP contribution is -2.27. The highest BCUT2D eigenvalue weighted by atomic mass is 16.5. The van der Waals surface area contributed by atoms with Crippen LogP contribution in [0.15, 0.2) is 42.5 Å². The molecule has 0 amide bonds. The van der Waals surface area contributed by atoms with Crippen LogP contribution in [-0.4, -0.2) is 26.1 Å². The molecule has 2 aromatic carbocycles. The number of benzene rings is 2. The summed E-state index contributed by atoms with van der Waals surface area (Å²) in [5.41, 5.74) is 6.94. The second kappa shape index (κ2) is 8.24. The van der Waals surface area contributed by atoms with E-state index in [0.717, 1.165) is 6.42 Å². The van der Waals surface area contributed by atoms with Crippen molar-refractivity contribution in [2.45, 2.75) is 25.9 Å². The van der Waals surface area contributed by atoms with Crippen LogP contribution < -0.4 is 19.9 Å². The zero-order valence-electron chi connectivity index (χ0n) is 14.2. The van der Waals surface area contributed by atoms with Crippen LogP contribution in [0.3, 0.4) is 0 Å². The number of anilines is 1. The van der Waals surface area contributed by atoms with E-state index < -0.39 is 6.10 Å². The molecular formula is C19H23NO4. The minimum Gasteiger partial charge on any atom is -0.493 e. The number of nitrogens with two attached hydrogens (primary N) is 1. The van der Waals surface area contributed by atoms with E-state index in [9.17, 15) is 4.79 Å². The molecule has 0 bridgehead atoms. The Balaban J connectivity index is 2.27. The number of para-hydroxylation sites is 2. The van der Waals surface area contributed by atoms with Gasteiger partial charge in [0.2, 0.25) is 5.78 Å². The zero-order valence-corrected chi connectivity index (χ0v) is 14.2. The van der Waals surface area contributed by atoms with Crippen molar-refractivity contribution in [3.63, 3.8) is 0 Å². The van der Waals surface area contributed by atoms with Gasteiger partial charge in [0.05, 0.1) is 19.9 Å². The molecular weight excluding hydrogens is 306 g/mol. The van der Waals surface area contributed by atoms with Crippen molar-refractivity contribution in [1.29, 1.82) is 0 Å². The van der Waals surface area contributed by atoms with Crippen LogP contribution in [0.1, 0.15) is 30.1 Å². The monoisotopic (exact) mass is 329 g/mol. The largest absolute Gasteiger partial charge is 0.493 e. The van der Waals surface area contributed by atoms with Crippen LogP contribution in [0.5, 0.6) is 17.2 Å². The standard InChI is InChI=1S/C19H23NO4/c1-4-7-17(24-15-9-6-5-8-14(15)20)19(21)13-10-11-16(22-2)18(12-13)23-3/h5-6,8-12,17H,4,7,20H2,1-3H3. The number of Topliss-reactive ketones (excluding diaryl/α,β-unsaturated/α-hetero) is 1. The van der Waals surface area contributed by atoms with Crippen molar-refractivity contribution < 1.29 is 19.0 Å². The number of nitrogen functional groups attached to an aromatic ring is 1. The van der Waals surface area contributed by atoms with Gasteiger partial charge in [0.15, 0.2) is 17.6 Å². The third-order valence-electron chi connectivity index (χ3n) is 3.70. The van der Waals surface area contributed by atoms with Gasteiger partial charge in [-0.3, -0.25) is 4.79 Å². The number of hydrogen-bond donors (Lipinski definition) is 1. The molecule has 0 aromatic heterocycles. The fourth-order valence-corrected chi connectivity index (χ4v) is 2.42. The van der Waals surface area contributed by atoms with Crippen molar-refractivity contribution in [3.8, 4) is 17.2 Å². The summed E-state index contributed by atoms with van der Waals surface area (Å²) in [6.07, 6.45) is 0.815. The fraction of sp³-hybridized carbons (Fsp3) is 0.316. The molecule has 0 radical (unpaired) electrons. The molecule has 5 nitrogen and oxygen atoms in total. The van der Waals surface area contributed by atoms with Crippen LogP contribution >= 0.6 is 0 Å². The topological polar surface area (TPSA) is 70.8 Å². The van der Waals surface area contributed by atoms with Gasteiger partial charge in [0, 0.05) is 5.56 Å². The molecule has 0 saturated heterocycles. The first-order valence-corrected chi connectivity index (χ1v) is 7.88. The Kier molecular flexibility index (Phi) is 6.07. The predicted molar refractivity (Wildman–Crippen MR) is 94.1 cm³/mol. The van der Waals surface area contributed by atoms with Crippen LogP contribution in [-0.2, 0) is 0 Å². The van der Waals surface area contributed by atoms with Gasteiger partial charge in [0.1, 0.15) is 5.75 Å². The number of carbonyl (C=O) groups excluding carboxylic acids is 1. The Bertz CT molecular complexity index is 700. The Labute approximate surface area is 142 Å². The maximum Gasteiger partial charge on any atom is 0.203 e. The van der Waals surface area contributed by atoms with Gasteiger partial charge in [-0.2, -0.15) is 0 Å². The summed E-state index contributed by atoms with van der Waals surface area (Å²) in [5.74, 6) is 1.50. The van der Waals surface area contributed by atoms with Gasteiger partial charge in [-0.15, -0.1) is 0 Å². The van der Waals surface area contributed by atoms with E-state index in [-0.39, 0.29) is 5.78 Å². The van der Waals surface area contributed by atoms with Gasteiger partial charge < -0.3 is 19.9 Å². The average Bonchev–Trinajstić information content (AvgIpc) is 2.61. The minimum atomic E-state index is -0.599. The lowest BCUT2D eigenvalue weighted by atomic mass is 10.0. The first-order valence-electron chi connectivity index (χ1n) is 7.88. The molecule has 0 aliphatic rings. The molecule has 24 heavy (non-hydrogen) atoms. The number of hydrogen-bond acceptors (Lipinski definition) is 5. The molecule has 2 N–H and O–H groups in total. The Morgan fingerprint density at radius 3 is 2.38 bits per heavy atom. The first kappa shape index (κ1) is 17.7. The number of carbonyl (C=O) groups is 1. The van der Waals surface area contributed by atoms with E-state index in [0.29, 0.717) is 34.9 Å². The third-order valence-corrected chi connectivity index (χ3v) is 3.70. The SMILES string of the molecule is CCCC(Oc1ccccc1N)C(=O)c1ccc(OC)c(OC)c1. The van der Waals surface area contributed by atoms with Crippen molar-refractivity contribution in [2.75, 3.05) is 20.0 Å². The summed E-state index contributed by atoms with van der Waals surface area (Å²) in [4.78, 5) is 12.9. The molecule has 2 aromatic rings. The van der Waals surface area contributed by atoms with Crippen molar-refractivity contribution in [3.05, 3.63) is 48.0 Å². The normalized spacial score (nSPS) is 11.6. The summed E-state index contributed by atoms with van der Waals surface area (Å²) in [7, 11) is 3.09. The molecule has 128 valence electrons. The highest BCUT2D eigenvalue weighted by molar-refractivity contribution is 6.00. The average molecular weight is 329 g/mol. The van der Waals surface area contributed by atoms with Crippen LogP contribution in [0, 0.1) is 0 Å². The molecule has 5 heteroatoms. The van der Waals surface area contributed by atoms with Crippen LogP contribution in [0.25, 0.3) is 0 Å². The summed E-state index contributed by atoms with van der Waals surface area (Å²) in [5, 5.41) is 0. The zero-order chi connectivity index (χ0) is 17.5. The molecule has 1 atom stereocenters. The maximum absolute atomic E-state index is 12.9. The van der Waals surface area contributed by atoms with E-state index in [1.54, 1.807) is 37.4 Å². The lowest BCUT2D eigenvalue weighted by Gasteiger charge is -2.19. The third kappa shape index (κ3) is 3.98. The van der Waals surface area contributed by atoms with E-state index in [2.05, 4.69) is 0 Å². The van der Waals surface area contributed by atoms with Gasteiger partial charge in [-0.1, -0.05) is 25.5 Å². The Hall–Kier alpha value is -2.69. The van der Waals surface area contributed by atoms with Crippen molar-refractivity contribution in [2.24, 2.45) is 0 Å². The number of ketones is 1. The second-order valence-corrected chi connectivity index (χ2v) is 5.37. The summed E-state index contributed by atoms with van der Waals surface area (Å²) >= 11 is 0. The highest BCUT2D eigenvalue weighted by Crippen LogP contribution is 2.29. The molecule has 0 aliphatic carbocycles. The first-order chi connectivity index (χ1) is 11.6. The molecule has 0 aliphatic heterocycles. The predicted octanol–water partition coefficient (Wildman–Crippen LogP) is 3.72. The summed E-state index contributed by atoms with van der Waals surface area (Å²) in [6.45, 7) is 2.01. The van der Waals surface area contributed by atoms with E-state index >= 15 is 0 Å².